The molecule has 0 spiro atoms. The number of piperazine rings is 1. The highest BCUT2D eigenvalue weighted by Gasteiger charge is 2.18. The molecule has 1 aliphatic heterocycles. The van der Waals surface area contributed by atoms with Crippen molar-refractivity contribution >= 4 is 44.6 Å². The first-order valence-corrected chi connectivity index (χ1v) is 12.5. The second-order valence-corrected chi connectivity index (χ2v) is 9.69. The Balaban J connectivity index is 1.14. The average molecular weight is 486 g/mol. The number of primary amides is 1. The summed E-state index contributed by atoms with van der Waals surface area (Å²) in [6.07, 6.45) is 0. The standard InChI is InChI=1S/C27H27N5O2S/c28-26(34)25(33)27-30-23-11-8-21(16-24(23)35-27)29-17-19-6-9-22(10-7-19)32-14-12-31(13-15-32)18-20-4-2-1-3-5-20/h1-11,16,29H,12-15,17-18H2,(H2,28,34). The van der Waals surface area contributed by atoms with Crippen LogP contribution in [0.2, 0.25) is 0 Å². The van der Waals surface area contributed by atoms with Crippen LogP contribution in [0.5, 0.6) is 0 Å². The fourth-order valence-electron chi connectivity index (χ4n) is 4.27. The van der Waals surface area contributed by atoms with Crippen molar-refractivity contribution in [3.63, 3.8) is 0 Å². The minimum absolute atomic E-state index is 0.126. The van der Waals surface area contributed by atoms with E-state index in [1.807, 2.05) is 18.2 Å². The van der Waals surface area contributed by atoms with Crippen molar-refractivity contribution in [2.24, 2.45) is 5.73 Å². The summed E-state index contributed by atoms with van der Waals surface area (Å²) in [7, 11) is 0. The fourth-order valence-corrected chi connectivity index (χ4v) is 5.22. The third kappa shape index (κ3) is 5.50. The summed E-state index contributed by atoms with van der Waals surface area (Å²) in [6.45, 7) is 5.87. The molecule has 0 aliphatic carbocycles. The van der Waals surface area contributed by atoms with Crippen molar-refractivity contribution in [2.45, 2.75) is 13.1 Å². The van der Waals surface area contributed by atoms with Gasteiger partial charge in [0.25, 0.3) is 11.7 Å². The summed E-state index contributed by atoms with van der Waals surface area (Å²) in [5.41, 5.74) is 10.5. The van der Waals surface area contributed by atoms with Crippen molar-refractivity contribution in [3.8, 4) is 0 Å². The number of carbonyl (C=O) groups excluding carboxylic acids is 2. The van der Waals surface area contributed by atoms with Crippen LogP contribution < -0.4 is 16.0 Å². The molecule has 0 radical (unpaired) electrons. The highest BCUT2D eigenvalue weighted by Crippen LogP contribution is 2.26. The molecule has 0 bridgehead atoms. The molecule has 5 rings (SSSR count). The molecule has 1 saturated heterocycles. The van der Waals surface area contributed by atoms with Crippen LogP contribution in [0.15, 0.2) is 72.8 Å². The lowest BCUT2D eigenvalue weighted by molar-refractivity contribution is -0.114. The third-order valence-electron chi connectivity index (χ3n) is 6.23. The van der Waals surface area contributed by atoms with E-state index < -0.39 is 11.7 Å². The Kier molecular flexibility index (Phi) is 6.74. The van der Waals surface area contributed by atoms with E-state index in [0.29, 0.717) is 12.1 Å². The van der Waals surface area contributed by atoms with Crippen LogP contribution in [0.3, 0.4) is 0 Å². The summed E-state index contributed by atoms with van der Waals surface area (Å²) in [4.78, 5) is 32.1. The number of fused-ring (bicyclic) bond motifs is 1. The second kappa shape index (κ2) is 10.2. The lowest BCUT2D eigenvalue weighted by Crippen LogP contribution is -2.45. The van der Waals surface area contributed by atoms with Crippen molar-refractivity contribution in [3.05, 3.63) is 88.9 Å². The molecule has 178 valence electrons. The number of Topliss-reactive ketones (excluding diaryl/α,β-unsaturated/α-hetero) is 1. The predicted molar refractivity (Wildman–Crippen MR) is 141 cm³/mol. The van der Waals surface area contributed by atoms with Crippen LogP contribution in [0.1, 0.15) is 20.9 Å². The van der Waals surface area contributed by atoms with Gasteiger partial charge in [0.15, 0.2) is 5.01 Å². The van der Waals surface area contributed by atoms with Crippen molar-refractivity contribution in [1.29, 1.82) is 0 Å². The normalized spacial score (nSPS) is 14.2. The largest absolute Gasteiger partial charge is 0.381 e. The smallest absolute Gasteiger partial charge is 0.292 e. The van der Waals surface area contributed by atoms with Gasteiger partial charge in [0, 0.05) is 50.6 Å². The zero-order valence-electron chi connectivity index (χ0n) is 19.3. The van der Waals surface area contributed by atoms with E-state index in [2.05, 4.69) is 74.7 Å². The van der Waals surface area contributed by atoms with Gasteiger partial charge in [-0.15, -0.1) is 11.3 Å². The number of rotatable bonds is 8. The highest BCUT2D eigenvalue weighted by molar-refractivity contribution is 7.21. The third-order valence-corrected chi connectivity index (χ3v) is 7.24. The number of carbonyl (C=O) groups is 2. The van der Waals surface area contributed by atoms with Gasteiger partial charge in [0.05, 0.1) is 10.2 Å². The molecule has 1 fully saturated rings. The summed E-state index contributed by atoms with van der Waals surface area (Å²) in [6, 6.07) is 25.1. The number of thiazole rings is 1. The lowest BCUT2D eigenvalue weighted by atomic mass is 10.1. The molecule has 3 aromatic carbocycles. The molecule has 0 saturated carbocycles. The number of nitrogens with one attached hydrogen (secondary N) is 1. The maximum Gasteiger partial charge on any atom is 0.292 e. The Labute approximate surface area is 208 Å². The van der Waals surface area contributed by atoms with E-state index >= 15 is 0 Å². The first-order chi connectivity index (χ1) is 17.0. The maximum atomic E-state index is 11.8. The second-order valence-electron chi connectivity index (χ2n) is 8.66. The first kappa shape index (κ1) is 23.0. The van der Waals surface area contributed by atoms with E-state index in [0.717, 1.165) is 43.1 Å². The van der Waals surface area contributed by atoms with E-state index in [-0.39, 0.29) is 5.01 Å². The van der Waals surface area contributed by atoms with Crippen molar-refractivity contribution in [2.75, 3.05) is 36.4 Å². The first-order valence-electron chi connectivity index (χ1n) is 11.6. The van der Waals surface area contributed by atoms with Crippen molar-refractivity contribution in [1.82, 2.24) is 9.88 Å². The van der Waals surface area contributed by atoms with E-state index in [1.54, 1.807) is 0 Å². The lowest BCUT2D eigenvalue weighted by Gasteiger charge is -2.36. The van der Waals surface area contributed by atoms with Gasteiger partial charge in [-0.05, 0) is 41.5 Å². The molecule has 0 atom stereocenters. The zero-order valence-corrected chi connectivity index (χ0v) is 20.1. The van der Waals surface area contributed by atoms with Crippen LogP contribution >= 0.6 is 11.3 Å². The van der Waals surface area contributed by atoms with Crippen LogP contribution in [0, 0.1) is 0 Å². The molecule has 0 unspecified atom stereocenters. The molecule has 1 aliphatic rings. The van der Waals surface area contributed by atoms with Gasteiger partial charge in [0.1, 0.15) is 0 Å². The van der Waals surface area contributed by atoms with Gasteiger partial charge in [0.2, 0.25) is 0 Å². The van der Waals surface area contributed by atoms with Gasteiger partial charge < -0.3 is 16.0 Å². The minimum atomic E-state index is -0.986. The van der Waals surface area contributed by atoms with Gasteiger partial charge in [-0.2, -0.15) is 0 Å². The number of aromatic nitrogens is 1. The Hall–Kier alpha value is -3.75. The molecule has 7 nitrogen and oxygen atoms in total. The van der Waals surface area contributed by atoms with E-state index in [9.17, 15) is 9.59 Å². The van der Waals surface area contributed by atoms with Gasteiger partial charge in [-0.25, -0.2) is 4.98 Å². The van der Waals surface area contributed by atoms with Crippen LogP contribution in [-0.4, -0.2) is 47.8 Å². The Morgan fingerprint density at radius 3 is 2.37 bits per heavy atom. The highest BCUT2D eigenvalue weighted by atomic mass is 32.1. The molecular weight excluding hydrogens is 458 g/mol. The Bertz CT molecular complexity index is 1330. The topological polar surface area (TPSA) is 91.6 Å². The summed E-state index contributed by atoms with van der Waals surface area (Å²) in [5.74, 6) is -1.74. The zero-order chi connectivity index (χ0) is 24.2. The van der Waals surface area contributed by atoms with Gasteiger partial charge >= 0.3 is 0 Å². The molecule has 35 heavy (non-hydrogen) atoms. The molecule has 8 heteroatoms. The number of ketones is 1. The average Bonchev–Trinajstić information content (AvgIpc) is 3.32. The summed E-state index contributed by atoms with van der Waals surface area (Å²) >= 11 is 1.18. The molecule has 2 heterocycles. The van der Waals surface area contributed by atoms with Crippen LogP contribution in [0.4, 0.5) is 11.4 Å². The Morgan fingerprint density at radius 2 is 1.66 bits per heavy atom. The molecule has 4 aromatic rings. The van der Waals surface area contributed by atoms with Crippen LogP contribution in [0.25, 0.3) is 10.2 Å². The Morgan fingerprint density at radius 1 is 0.914 bits per heavy atom. The predicted octanol–water partition coefficient (Wildman–Crippen LogP) is 3.90. The number of hydrogen-bond acceptors (Lipinski definition) is 7. The van der Waals surface area contributed by atoms with E-state index in [1.165, 1.54) is 28.2 Å². The van der Waals surface area contributed by atoms with Crippen molar-refractivity contribution < 1.29 is 9.59 Å². The number of amides is 1. The van der Waals surface area contributed by atoms with E-state index in [4.69, 9.17) is 5.73 Å². The number of nitrogens with zero attached hydrogens (tertiary/aromatic N) is 3. The molecule has 3 N–H and O–H groups in total. The fraction of sp³-hybridized carbons (Fsp3) is 0.222. The number of nitrogens with two attached hydrogens (primary N) is 1. The number of benzene rings is 3. The number of hydrogen-bond donors (Lipinski definition) is 2. The summed E-state index contributed by atoms with van der Waals surface area (Å²) < 4.78 is 0.835. The minimum Gasteiger partial charge on any atom is -0.381 e. The van der Waals surface area contributed by atoms with Crippen LogP contribution in [-0.2, 0) is 17.9 Å². The quantitative estimate of drug-likeness (QED) is 0.291. The molecule has 1 amide bonds. The number of anilines is 2. The SMILES string of the molecule is NC(=O)C(=O)c1nc2ccc(NCc3ccc(N4CCN(Cc5ccccc5)CC4)cc3)cc2s1. The van der Waals surface area contributed by atoms with Gasteiger partial charge in [-0.1, -0.05) is 42.5 Å². The monoisotopic (exact) mass is 485 g/mol. The molecule has 1 aromatic heterocycles. The summed E-state index contributed by atoms with van der Waals surface area (Å²) in [5, 5.41) is 3.55. The van der Waals surface area contributed by atoms with Gasteiger partial charge in [-0.3, -0.25) is 14.5 Å². The maximum absolute atomic E-state index is 11.8. The molecular formula is C27H27N5O2S.